The Hall–Kier alpha value is -3.68. The summed E-state index contributed by atoms with van der Waals surface area (Å²) >= 11 is 0. The van der Waals surface area contributed by atoms with E-state index in [0.29, 0.717) is 12.5 Å². The third kappa shape index (κ3) is 4.01. The summed E-state index contributed by atoms with van der Waals surface area (Å²) < 4.78 is 15.0. The van der Waals surface area contributed by atoms with Crippen molar-refractivity contribution in [2.45, 2.75) is 6.54 Å². The first kappa shape index (κ1) is 19.3. The van der Waals surface area contributed by atoms with E-state index in [4.69, 9.17) is 9.97 Å². The number of anilines is 3. The SMILES string of the molecule is Cn1ncc2c(NCc3ccccc3)nc(N3CCN(c4ccc(F)cc4)CC3)nc21. The van der Waals surface area contributed by atoms with E-state index in [2.05, 4.69) is 32.3 Å². The van der Waals surface area contributed by atoms with E-state index in [1.54, 1.807) is 10.9 Å². The zero-order chi connectivity index (χ0) is 21.2. The molecular formula is C23H24FN7. The molecule has 2 aromatic heterocycles. The van der Waals surface area contributed by atoms with Gasteiger partial charge < -0.3 is 15.1 Å². The molecular weight excluding hydrogens is 393 g/mol. The predicted molar refractivity (Wildman–Crippen MR) is 121 cm³/mol. The fourth-order valence-electron chi connectivity index (χ4n) is 3.89. The Bertz CT molecular complexity index is 1170. The fourth-order valence-corrected chi connectivity index (χ4v) is 3.89. The Morgan fingerprint density at radius 3 is 2.35 bits per heavy atom. The Morgan fingerprint density at radius 1 is 0.903 bits per heavy atom. The molecule has 0 atom stereocenters. The highest BCUT2D eigenvalue weighted by Gasteiger charge is 2.21. The summed E-state index contributed by atoms with van der Waals surface area (Å²) in [7, 11) is 1.90. The van der Waals surface area contributed by atoms with Gasteiger partial charge in [-0.2, -0.15) is 15.1 Å². The lowest BCUT2D eigenvalue weighted by atomic mass is 10.2. The topological polar surface area (TPSA) is 62.1 Å². The van der Waals surface area contributed by atoms with Crippen molar-refractivity contribution in [1.82, 2.24) is 19.7 Å². The predicted octanol–water partition coefficient (Wildman–Crippen LogP) is 3.44. The summed E-state index contributed by atoms with van der Waals surface area (Å²) in [5.74, 6) is 1.28. The van der Waals surface area contributed by atoms with Crippen LogP contribution < -0.4 is 15.1 Å². The molecule has 3 heterocycles. The first-order chi connectivity index (χ1) is 15.2. The van der Waals surface area contributed by atoms with Crippen molar-refractivity contribution in [1.29, 1.82) is 0 Å². The maximum Gasteiger partial charge on any atom is 0.229 e. The minimum Gasteiger partial charge on any atom is -0.368 e. The van der Waals surface area contributed by atoms with Gasteiger partial charge in [-0.25, -0.2) is 4.39 Å². The normalized spacial score (nSPS) is 14.3. The molecule has 1 saturated heterocycles. The van der Waals surface area contributed by atoms with Gasteiger partial charge in [0.1, 0.15) is 11.6 Å². The summed E-state index contributed by atoms with van der Waals surface area (Å²) in [6.45, 7) is 3.91. The van der Waals surface area contributed by atoms with Gasteiger partial charge in [0, 0.05) is 45.5 Å². The molecule has 31 heavy (non-hydrogen) atoms. The number of nitrogens with zero attached hydrogens (tertiary/aromatic N) is 6. The van der Waals surface area contributed by atoms with Gasteiger partial charge in [-0.3, -0.25) is 4.68 Å². The van der Waals surface area contributed by atoms with Crippen molar-refractivity contribution in [2.24, 2.45) is 7.05 Å². The standard InChI is InChI=1S/C23H24FN7/c1-29-22-20(16-26-29)21(25-15-17-5-3-2-4-6-17)27-23(28-22)31-13-11-30(12-14-31)19-9-7-18(24)8-10-19/h2-10,16H,11-15H2,1H3,(H,25,27,28). The van der Waals surface area contributed by atoms with Crippen molar-refractivity contribution < 1.29 is 4.39 Å². The van der Waals surface area contributed by atoms with E-state index < -0.39 is 0 Å². The monoisotopic (exact) mass is 417 g/mol. The third-order valence-corrected chi connectivity index (χ3v) is 5.64. The van der Waals surface area contributed by atoms with Crippen LogP contribution in [0.25, 0.3) is 11.0 Å². The van der Waals surface area contributed by atoms with E-state index >= 15 is 0 Å². The molecule has 0 unspecified atom stereocenters. The van der Waals surface area contributed by atoms with Crippen LogP contribution in [0.4, 0.5) is 21.8 Å². The minimum absolute atomic E-state index is 0.212. The maximum absolute atomic E-state index is 13.2. The molecule has 8 heteroatoms. The lowest BCUT2D eigenvalue weighted by Crippen LogP contribution is -2.47. The Morgan fingerprint density at radius 2 is 1.61 bits per heavy atom. The highest BCUT2D eigenvalue weighted by Crippen LogP contribution is 2.25. The molecule has 1 N–H and O–H groups in total. The molecule has 158 valence electrons. The molecule has 7 nitrogen and oxygen atoms in total. The Labute approximate surface area is 180 Å². The number of piperazine rings is 1. The van der Waals surface area contributed by atoms with Crippen LogP contribution in [0.15, 0.2) is 60.8 Å². The molecule has 1 fully saturated rings. The van der Waals surface area contributed by atoms with Gasteiger partial charge in [0.15, 0.2) is 5.65 Å². The number of hydrogen-bond donors (Lipinski definition) is 1. The highest BCUT2D eigenvalue weighted by molar-refractivity contribution is 5.87. The number of rotatable bonds is 5. The van der Waals surface area contributed by atoms with Crippen LogP contribution in [0.2, 0.25) is 0 Å². The van der Waals surface area contributed by atoms with Crippen molar-refractivity contribution in [2.75, 3.05) is 41.3 Å². The van der Waals surface area contributed by atoms with E-state index in [1.165, 1.54) is 17.7 Å². The summed E-state index contributed by atoms with van der Waals surface area (Å²) in [4.78, 5) is 14.1. The number of halogens is 1. The number of aryl methyl sites for hydroxylation is 1. The van der Waals surface area contributed by atoms with Crippen molar-refractivity contribution in [3.8, 4) is 0 Å². The molecule has 0 radical (unpaired) electrons. The quantitative estimate of drug-likeness (QED) is 0.537. The Balaban J connectivity index is 1.36. The van der Waals surface area contributed by atoms with Crippen LogP contribution in [0.3, 0.4) is 0 Å². The van der Waals surface area contributed by atoms with Crippen LogP contribution >= 0.6 is 0 Å². The largest absolute Gasteiger partial charge is 0.368 e. The second-order valence-corrected chi connectivity index (χ2v) is 7.67. The molecule has 0 amide bonds. The van der Waals surface area contributed by atoms with Gasteiger partial charge in [-0.1, -0.05) is 30.3 Å². The average molecular weight is 417 g/mol. The van der Waals surface area contributed by atoms with Gasteiger partial charge in [0.25, 0.3) is 0 Å². The van der Waals surface area contributed by atoms with Gasteiger partial charge in [0.2, 0.25) is 5.95 Å². The molecule has 5 rings (SSSR count). The molecule has 1 aliphatic rings. The molecule has 0 spiro atoms. The van der Waals surface area contributed by atoms with E-state index in [0.717, 1.165) is 48.7 Å². The maximum atomic E-state index is 13.2. The van der Waals surface area contributed by atoms with Gasteiger partial charge >= 0.3 is 0 Å². The van der Waals surface area contributed by atoms with Crippen LogP contribution in [0.5, 0.6) is 0 Å². The number of nitrogens with one attached hydrogen (secondary N) is 1. The number of hydrogen-bond acceptors (Lipinski definition) is 6. The van der Waals surface area contributed by atoms with Crippen molar-refractivity contribution in [3.63, 3.8) is 0 Å². The smallest absolute Gasteiger partial charge is 0.229 e. The molecule has 0 saturated carbocycles. The van der Waals surface area contributed by atoms with Gasteiger partial charge in [-0.15, -0.1) is 0 Å². The number of aromatic nitrogens is 4. The minimum atomic E-state index is -0.212. The second kappa shape index (κ2) is 8.22. The van der Waals surface area contributed by atoms with Crippen molar-refractivity contribution in [3.05, 3.63) is 72.2 Å². The fraction of sp³-hybridized carbons (Fsp3) is 0.261. The van der Waals surface area contributed by atoms with E-state index in [1.807, 2.05) is 37.4 Å². The summed E-state index contributed by atoms with van der Waals surface area (Å²) in [5, 5.41) is 8.74. The second-order valence-electron chi connectivity index (χ2n) is 7.67. The van der Waals surface area contributed by atoms with Crippen molar-refractivity contribution >= 4 is 28.5 Å². The summed E-state index contributed by atoms with van der Waals surface area (Å²) in [5.41, 5.74) is 3.03. The molecule has 0 aliphatic carbocycles. The Kier molecular flexibility index (Phi) is 5.11. The number of benzene rings is 2. The highest BCUT2D eigenvalue weighted by atomic mass is 19.1. The van der Waals surface area contributed by atoms with Crippen LogP contribution in [-0.4, -0.2) is 45.9 Å². The summed E-state index contributed by atoms with van der Waals surface area (Å²) in [6, 6.07) is 16.9. The zero-order valence-electron chi connectivity index (χ0n) is 17.4. The summed E-state index contributed by atoms with van der Waals surface area (Å²) in [6.07, 6.45) is 1.80. The zero-order valence-corrected chi connectivity index (χ0v) is 17.4. The average Bonchev–Trinajstić information content (AvgIpc) is 3.19. The lowest BCUT2D eigenvalue weighted by molar-refractivity contribution is 0.623. The molecule has 1 aliphatic heterocycles. The number of fused-ring (bicyclic) bond motifs is 1. The van der Waals surface area contributed by atoms with Crippen LogP contribution in [-0.2, 0) is 13.6 Å². The molecule has 4 aromatic rings. The van der Waals surface area contributed by atoms with Gasteiger partial charge in [-0.05, 0) is 29.8 Å². The van der Waals surface area contributed by atoms with Gasteiger partial charge in [0.05, 0.1) is 11.6 Å². The lowest BCUT2D eigenvalue weighted by Gasteiger charge is -2.36. The first-order valence-electron chi connectivity index (χ1n) is 10.4. The molecule has 0 bridgehead atoms. The third-order valence-electron chi connectivity index (χ3n) is 5.64. The first-order valence-corrected chi connectivity index (χ1v) is 10.4. The van der Waals surface area contributed by atoms with E-state index in [-0.39, 0.29) is 5.82 Å². The van der Waals surface area contributed by atoms with E-state index in [9.17, 15) is 4.39 Å². The molecule has 2 aromatic carbocycles. The van der Waals surface area contributed by atoms with Crippen LogP contribution in [0.1, 0.15) is 5.56 Å². The van der Waals surface area contributed by atoms with Crippen LogP contribution in [0, 0.1) is 5.82 Å².